The zero-order chi connectivity index (χ0) is 8.55. The summed E-state index contributed by atoms with van der Waals surface area (Å²) in [4.78, 5) is 0. The number of nitrogens with zero attached hydrogens (tertiary/aromatic N) is 1. The van der Waals surface area contributed by atoms with Crippen molar-refractivity contribution in [1.82, 2.24) is 5.16 Å². The molecule has 66 valence electrons. The first kappa shape index (κ1) is 7.65. The summed E-state index contributed by atoms with van der Waals surface area (Å²) >= 11 is 0. The van der Waals surface area contributed by atoms with Gasteiger partial charge in [0.25, 0.3) is 0 Å². The average Bonchev–Trinajstić information content (AvgIpc) is 2.47. The van der Waals surface area contributed by atoms with E-state index in [0.29, 0.717) is 5.82 Å². The number of anilines is 1. The average molecular weight is 166 g/mol. The molecular formula is C9H14N2O. The maximum absolute atomic E-state index is 5.64. The van der Waals surface area contributed by atoms with Crippen LogP contribution >= 0.6 is 0 Å². The predicted octanol–water partition coefficient (Wildman–Crippen LogP) is 1.77. The highest BCUT2D eigenvalue weighted by Crippen LogP contribution is 2.30. The van der Waals surface area contributed by atoms with Crippen molar-refractivity contribution in [3.05, 3.63) is 11.3 Å². The fourth-order valence-corrected chi connectivity index (χ4v) is 1.85. The Morgan fingerprint density at radius 2 is 2.50 bits per heavy atom. The second-order valence-corrected chi connectivity index (χ2v) is 3.49. The van der Waals surface area contributed by atoms with Crippen LogP contribution in [0.1, 0.15) is 31.1 Å². The molecule has 1 aliphatic rings. The van der Waals surface area contributed by atoms with E-state index in [-0.39, 0.29) is 0 Å². The summed E-state index contributed by atoms with van der Waals surface area (Å²) in [5, 5.41) is 3.77. The number of fused-ring (bicyclic) bond motifs is 1. The number of aromatic nitrogens is 1. The van der Waals surface area contributed by atoms with Gasteiger partial charge in [-0.2, -0.15) is 0 Å². The molecule has 1 aliphatic carbocycles. The molecule has 0 saturated heterocycles. The molecule has 12 heavy (non-hydrogen) atoms. The molecule has 0 aliphatic heterocycles. The summed E-state index contributed by atoms with van der Waals surface area (Å²) in [5.74, 6) is 2.38. The molecular weight excluding hydrogens is 152 g/mol. The van der Waals surface area contributed by atoms with Crippen LogP contribution in [0, 0.1) is 5.92 Å². The summed E-state index contributed by atoms with van der Waals surface area (Å²) in [6, 6.07) is 0. The molecule has 1 unspecified atom stereocenters. The molecule has 0 fully saturated rings. The molecule has 2 N–H and O–H groups in total. The van der Waals surface area contributed by atoms with Crippen LogP contribution in [-0.2, 0) is 12.8 Å². The van der Waals surface area contributed by atoms with Gasteiger partial charge in [-0.3, -0.25) is 0 Å². The molecule has 0 spiro atoms. The van der Waals surface area contributed by atoms with E-state index in [1.807, 2.05) is 0 Å². The first-order valence-corrected chi connectivity index (χ1v) is 4.54. The topological polar surface area (TPSA) is 52.0 Å². The van der Waals surface area contributed by atoms with Crippen molar-refractivity contribution in [3.63, 3.8) is 0 Å². The van der Waals surface area contributed by atoms with Gasteiger partial charge in [0.15, 0.2) is 5.82 Å². The maximum atomic E-state index is 5.64. The Kier molecular flexibility index (Phi) is 1.79. The number of nitrogens with two attached hydrogens (primary N) is 1. The van der Waals surface area contributed by atoms with Gasteiger partial charge in [-0.05, 0) is 18.8 Å². The van der Waals surface area contributed by atoms with Crippen LogP contribution in [-0.4, -0.2) is 5.16 Å². The monoisotopic (exact) mass is 166 g/mol. The van der Waals surface area contributed by atoms with Gasteiger partial charge < -0.3 is 10.3 Å². The molecule has 1 heterocycles. The van der Waals surface area contributed by atoms with E-state index in [1.165, 1.54) is 12.8 Å². The molecule has 0 bridgehead atoms. The molecule has 0 radical (unpaired) electrons. The third kappa shape index (κ3) is 1.09. The summed E-state index contributed by atoms with van der Waals surface area (Å²) in [6.07, 6.45) is 4.52. The Morgan fingerprint density at radius 3 is 3.25 bits per heavy atom. The van der Waals surface area contributed by atoms with E-state index in [4.69, 9.17) is 10.3 Å². The third-order valence-electron chi connectivity index (χ3n) is 2.75. The van der Waals surface area contributed by atoms with E-state index >= 15 is 0 Å². The quantitative estimate of drug-likeness (QED) is 0.691. The van der Waals surface area contributed by atoms with Gasteiger partial charge in [0, 0.05) is 12.0 Å². The fraction of sp³-hybridized carbons (Fsp3) is 0.667. The van der Waals surface area contributed by atoms with Gasteiger partial charge in [0.05, 0.1) is 0 Å². The van der Waals surface area contributed by atoms with E-state index in [0.717, 1.165) is 30.1 Å². The van der Waals surface area contributed by atoms with E-state index < -0.39 is 0 Å². The van der Waals surface area contributed by atoms with Crippen molar-refractivity contribution >= 4 is 5.82 Å². The van der Waals surface area contributed by atoms with Crippen LogP contribution < -0.4 is 5.73 Å². The zero-order valence-corrected chi connectivity index (χ0v) is 7.34. The smallest absolute Gasteiger partial charge is 0.170 e. The normalized spacial score (nSPS) is 22.2. The highest BCUT2D eigenvalue weighted by molar-refractivity contribution is 5.41. The van der Waals surface area contributed by atoms with Crippen LogP contribution in [0.15, 0.2) is 4.52 Å². The molecule has 0 aromatic carbocycles. The zero-order valence-electron chi connectivity index (χ0n) is 7.34. The lowest BCUT2D eigenvalue weighted by Crippen LogP contribution is -2.12. The number of nitrogen functional groups attached to an aromatic ring is 1. The van der Waals surface area contributed by atoms with Crippen molar-refractivity contribution < 1.29 is 4.52 Å². The molecule has 0 amide bonds. The van der Waals surface area contributed by atoms with Crippen molar-refractivity contribution in [2.75, 3.05) is 5.73 Å². The minimum absolute atomic E-state index is 0.597. The second kappa shape index (κ2) is 2.81. The van der Waals surface area contributed by atoms with E-state index in [2.05, 4.69) is 12.1 Å². The summed E-state index contributed by atoms with van der Waals surface area (Å²) < 4.78 is 5.14. The standard InChI is InChI=1S/C9H14N2O/c1-2-6-3-4-7-8(5-6)12-11-9(7)10/h6H,2-5H2,1H3,(H2,10,11). The maximum Gasteiger partial charge on any atom is 0.170 e. The second-order valence-electron chi connectivity index (χ2n) is 3.49. The van der Waals surface area contributed by atoms with Crippen molar-refractivity contribution in [3.8, 4) is 0 Å². The third-order valence-corrected chi connectivity index (χ3v) is 2.75. The first-order valence-electron chi connectivity index (χ1n) is 4.54. The SMILES string of the molecule is CCC1CCc2c(N)noc2C1. The molecule has 1 aromatic rings. The Bertz CT molecular complexity index is 280. The van der Waals surface area contributed by atoms with Crippen molar-refractivity contribution in [2.24, 2.45) is 5.92 Å². The molecule has 1 atom stereocenters. The van der Waals surface area contributed by atoms with Crippen molar-refractivity contribution in [1.29, 1.82) is 0 Å². The number of hydrogen-bond donors (Lipinski definition) is 1. The molecule has 0 saturated carbocycles. The van der Waals surface area contributed by atoms with Gasteiger partial charge in [0.2, 0.25) is 0 Å². The lowest BCUT2D eigenvalue weighted by molar-refractivity contribution is 0.333. The van der Waals surface area contributed by atoms with Gasteiger partial charge in [0.1, 0.15) is 5.76 Å². The molecule has 3 heteroatoms. The molecule has 1 aromatic heterocycles. The number of hydrogen-bond acceptors (Lipinski definition) is 3. The van der Waals surface area contributed by atoms with Gasteiger partial charge in [-0.15, -0.1) is 0 Å². The lowest BCUT2D eigenvalue weighted by atomic mass is 9.87. The highest BCUT2D eigenvalue weighted by Gasteiger charge is 2.23. The van der Waals surface area contributed by atoms with Crippen LogP contribution in [0.4, 0.5) is 5.82 Å². The summed E-state index contributed by atoms with van der Waals surface area (Å²) in [7, 11) is 0. The van der Waals surface area contributed by atoms with E-state index in [1.54, 1.807) is 0 Å². The van der Waals surface area contributed by atoms with Crippen molar-refractivity contribution in [2.45, 2.75) is 32.6 Å². The fourth-order valence-electron chi connectivity index (χ4n) is 1.85. The minimum Gasteiger partial charge on any atom is -0.381 e. The van der Waals surface area contributed by atoms with Gasteiger partial charge in [-0.25, -0.2) is 0 Å². The van der Waals surface area contributed by atoms with Gasteiger partial charge >= 0.3 is 0 Å². The Labute approximate surface area is 71.9 Å². The lowest BCUT2D eigenvalue weighted by Gasteiger charge is -2.18. The largest absolute Gasteiger partial charge is 0.381 e. The van der Waals surface area contributed by atoms with Crippen LogP contribution in [0.5, 0.6) is 0 Å². The Morgan fingerprint density at radius 1 is 1.67 bits per heavy atom. The Hall–Kier alpha value is -0.990. The van der Waals surface area contributed by atoms with Crippen LogP contribution in [0.3, 0.4) is 0 Å². The first-order chi connectivity index (χ1) is 5.81. The van der Waals surface area contributed by atoms with Gasteiger partial charge in [-0.1, -0.05) is 18.5 Å². The Balaban J connectivity index is 2.24. The number of rotatable bonds is 1. The summed E-state index contributed by atoms with van der Waals surface area (Å²) in [6.45, 7) is 2.22. The highest BCUT2D eigenvalue weighted by atomic mass is 16.5. The predicted molar refractivity (Wildman–Crippen MR) is 46.7 cm³/mol. The van der Waals surface area contributed by atoms with E-state index in [9.17, 15) is 0 Å². The summed E-state index contributed by atoms with van der Waals surface area (Å²) in [5.41, 5.74) is 6.80. The van der Waals surface area contributed by atoms with Crippen LogP contribution in [0.25, 0.3) is 0 Å². The molecule has 3 nitrogen and oxygen atoms in total. The molecule has 2 rings (SSSR count). The van der Waals surface area contributed by atoms with Crippen LogP contribution in [0.2, 0.25) is 0 Å². The minimum atomic E-state index is 0.597.